The number of aromatic nitrogens is 6. The Morgan fingerprint density at radius 1 is 0.683 bits per heavy atom. The predicted octanol–water partition coefficient (Wildman–Crippen LogP) is 8.88. The molecule has 0 spiro atoms. The van der Waals surface area contributed by atoms with E-state index in [-0.39, 0.29) is 0 Å². The second-order valence-electron chi connectivity index (χ2n) is 14.1. The molecule has 2 unspecified atom stereocenters. The number of oxazole rings is 2. The minimum Gasteiger partial charge on any atom is -0.442 e. The van der Waals surface area contributed by atoms with Crippen LogP contribution in [0.5, 0.6) is 0 Å². The molecule has 0 amide bonds. The van der Waals surface area contributed by atoms with Gasteiger partial charge in [-0.1, -0.05) is 36.4 Å². The first kappa shape index (κ1) is 42.9. The molecule has 20 heteroatoms. The molecule has 2 atom stereocenters. The standard InChI is InChI=1S/C40H42N8O6S6/c1-47-19-7-11-25(23-47)33-35(45-59-43-33)55-21-9-17-31(57-39-41-27-13-3-5-15-29(27)51-39)53-37(49)38(50)54-32(58-40-42-28-14-4-6-16-30(28)52-40)18-10-22-56-36-34(44-60-46-36)26-12-8-20-48(2)24-26/h3-6,11-16,31-32H,7-10,17-24H2,1-2H3. The third kappa shape index (κ3) is 11.4. The highest BCUT2D eigenvalue weighted by atomic mass is 32.2. The van der Waals surface area contributed by atoms with E-state index in [1.54, 1.807) is 23.5 Å². The van der Waals surface area contributed by atoms with Crippen molar-refractivity contribution in [1.29, 1.82) is 0 Å². The van der Waals surface area contributed by atoms with Crippen LogP contribution in [0, 0.1) is 0 Å². The molecule has 2 aromatic carbocycles. The minimum atomic E-state index is -1.10. The third-order valence-corrected chi connectivity index (χ3v) is 14.8. The SMILES string of the molecule is CN1CCC=C(c2nsnc2SCCCC(OC(=O)C(=O)OC(CCCSc2nsnc2C2=CCCN(C)C2)Sc2nc3ccccc3o2)Sc2nc3ccccc3o2)C1. The van der Waals surface area contributed by atoms with E-state index in [0.29, 0.717) is 69.8 Å². The van der Waals surface area contributed by atoms with Gasteiger partial charge in [0.1, 0.15) is 32.5 Å². The van der Waals surface area contributed by atoms with Gasteiger partial charge in [-0.2, -0.15) is 17.5 Å². The van der Waals surface area contributed by atoms with Gasteiger partial charge in [0.2, 0.25) is 0 Å². The molecule has 0 saturated heterocycles. The zero-order chi connectivity index (χ0) is 41.3. The monoisotopic (exact) mass is 922 g/mol. The molecule has 8 rings (SSSR count). The maximum absolute atomic E-state index is 13.5. The van der Waals surface area contributed by atoms with Gasteiger partial charge in [-0.15, -0.1) is 23.5 Å². The lowest BCUT2D eigenvalue weighted by molar-refractivity contribution is -0.169. The van der Waals surface area contributed by atoms with Crippen molar-refractivity contribution in [2.24, 2.45) is 0 Å². The third-order valence-electron chi connectivity index (χ3n) is 9.51. The van der Waals surface area contributed by atoms with Crippen LogP contribution >= 0.6 is 70.5 Å². The number of likely N-dealkylation sites (N-methyl/N-ethyl adjacent to an activating group) is 2. The number of nitrogens with zero attached hydrogens (tertiary/aromatic N) is 8. The number of ether oxygens (including phenoxy) is 2. The van der Waals surface area contributed by atoms with E-state index in [1.165, 1.54) is 34.6 Å². The van der Waals surface area contributed by atoms with E-state index in [0.717, 1.165) is 84.0 Å². The van der Waals surface area contributed by atoms with Gasteiger partial charge in [-0.25, -0.2) is 19.6 Å². The molecule has 0 aliphatic carbocycles. The maximum atomic E-state index is 13.5. The number of carbonyl (C=O) groups excluding carboxylic acids is 2. The number of carbonyl (C=O) groups is 2. The Morgan fingerprint density at radius 3 is 1.57 bits per heavy atom. The second kappa shape index (κ2) is 20.9. The first-order valence-corrected chi connectivity index (χ1v) is 24.7. The first-order valence-electron chi connectivity index (χ1n) is 19.5. The Kier molecular flexibility index (Phi) is 14.9. The molecule has 0 bridgehead atoms. The summed E-state index contributed by atoms with van der Waals surface area (Å²) in [6, 6.07) is 14.8. The summed E-state index contributed by atoms with van der Waals surface area (Å²) in [5.74, 6) is -0.806. The number of hydrogen-bond acceptors (Lipinski definition) is 20. The van der Waals surface area contributed by atoms with Gasteiger partial charge < -0.3 is 28.1 Å². The molecule has 0 radical (unpaired) electrons. The smallest absolute Gasteiger partial charge is 0.418 e. The molecular weight excluding hydrogens is 881 g/mol. The maximum Gasteiger partial charge on any atom is 0.418 e. The van der Waals surface area contributed by atoms with Crippen molar-refractivity contribution in [3.8, 4) is 0 Å². The summed E-state index contributed by atoms with van der Waals surface area (Å²) in [6.07, 6.45) is 8.60. The summed E-state index contributed by atoms with van der Waals surface area (Å²) >= 11 is 7.97. The number of esters is 2. The number of hydrogen-bond donors (Lipinski definition) is 0. The van der Waals surface area contributed by atoms with Crippen LogP contribution in [0.4, 0.5) is 0 Å². The molecule has 314 valence electrons. The lowest BCUT2D eigenvalue weighted by Gasteiger charge is -2.22. The van der Waals surface area contributed by atoms with E-state index in [1.807, 2.05) is 48.5 Å². The first-order chi connectivity index (χ1) is 29.3. The van der Waals surface area contributed by atoms with Gasteiger partial charge in [0.15, 0.2) is 22.0 Å². The molecule has 2 aliphatic rings. The molecule has 6 aromatic rings. The van der Waals surface area contributed by atoms with Crippen LogP contribution in [-0.2, 0) is 19.1 Å². The Hall–Kier alpha value is -3.76. The zero-order valence-corrected chi connectivity index (χ0v) is 37.8. The molecule has 4 aromatic heterocycles. The molecule has 14 nitrogen and oxygen atoms in total. The van der Waals surface area contributed by atoms with Crippen molar-refractivity contribution in [2.45, 2.75) is 69.9 Å². The van der Waals surface area contributed by atoms with Gasteiger partial charge in [0.25, 0.3) is 10.4 Å². The normalized spacial score (nSPS) is 16.2. The van der Waals surface area contributed by atoms with Crippen LogP contribution in [0.15, 0.2) is 90.0 Å². The highest BCUT2D eigenvalue weighted by molar-refractivity contribution is 8.00. The Labute approximate surface area is 372 Å². The van der Waals surface area contributed by atoms with E-state index in [4.69, 9.17) is 18.3 Å². The van der Waals surface area contributed by atoms with Gasteiger partial charge in [0.05, 0.1) is 23.5 Å². The Balaban J connectivity index is 0.909. The highest BCUT2D eigenvalue weighted by Crippen LogP contribution is 2.35. The number of para-hydroxylation sites is 4. The van der Waals surface area contributed by atoms with E-state index in [2.05, 4.69) is 63.5 Å². The fourth-order valence-corrected chi connectivity index (χ4v) is 11.8. The van der Waals surface area contributed by atoms with Crippen molar-refractivity contribution in [1.82, 2.24) is 37.3 Å². The van der Waals surface area contributed by atoms with Gasteiger partial charge in [0, 0.05) is 26.2 Å². The van der Waals surface area contributed by atoms with Crippen LogP contribution < -0.4 is 0 Å². The van der Waals surface area contributed by atoms with Gasteiger partial charge in [-0.05, 0) is 123 Å². The summed E-state index contributed by atoms with van der Waals surface area (Å²) in [6.45, 7) is 3.72. The molecular formula is C40H42N8O6S6. The fourth-order valence-electron chi connectivity index (χ4n) is 6.56. The van der Waals surface area contributed by atoms with Crippen LogP contribution in [0.3, 0.4) is 0 Å². The average Bonchev–Trinajstić information content (AvgIpc) is 4.07. The molecule has 0 fully saturated rings. The van der Waals surface area contributed by atoms with Crippen molar-refractivity contribution >= 4 is 116 Å². The summed E-state index contributed by atoms with van der Waals surface area (Å²) in [5, 5.41) is 2.46. The largest absolute Gasteiger partial charge is 0.442 e. The van der Waals surface area contributed by atoms with Crippen molar-refractivity contribution in [3.05, 3.63) is 72.1 Å². The second-order valence-corrected chi connectivity index (χ2v) is 19.6. The van der Waals surface area contributed by atoms with Crippen LogP contribution in [-0.4, -0.2) is 112 Å². The van der Waals surface area contributed by atoms with Crippen LogP contribution in [0.2, 0.25) is 0 Å². The minimum absolute atomic E-state index is 0.335. The Morgan fingerprint density at radius 2 is 1.13 bits per heavy atom. The molecule has 0 N–H and O–H groups in total. The molecule has 2 aliphatic heterocycles. The van der Waals surface area contributed by atoms with Crippen molar-refractivity contribution < 1.29 is 27.9 Å². The predicted molar refractivity (Wildman–Crippen MR) is 239 cm³/mol. The topological polar surface area (TPSA) is 163 Å². The quantitative estimate of drug-likeness (QED) is 0.0264. The van der Waals surface area contributed by atoms with Crippen molar-refractivity contribution in [2.75, 3.05) is 51.8 Å². The van der Waals surface area contributed by atoms with Gasteiger partial charge >= 0.3 is 11.9 Å². The number of rotatable bonds is 18. The van der Waals surface area contributed by atoms with E-state index >= 15 is 0 Å². The molecule has 60 heavy (non-hydrogen) atoms. The average molecular weight is 923 g/mol. The van der Waals surface area contributed by atoms with Crippen LogP contribution in [0.25, 0.3) is 33.3 Å². The zero-order valence-electron chi connectivity index (χ0n) is 32.9. The molecule has 0 saturated carbocycles. The summed E-state index contributed by atoms with van der Waals surface area (Å²) in [5.41, 5.74) is 5.29. The van der Waals surface area contributed by atoms with Crippen LogP contribution in [0.1, 0.15) is 49.9 Å². The number of benzene rings is 2. The van der Waals surface area contributed by atoms with E-state index < -0.39 is 22.8 Å². The van der Waals surface area contributed by atoms with Crippen molar-refractivity contribution in [3.63, 3.8) is 0 Å². The number of thioether (sulfide) groups is 4. The lowest BCUT2D eigenvalue weighted by atomic mass is 10.1. The fraction of sp³-hybridized carbons (Fsp3) is 0.400. The number of fused-ring (bicyclic) bond motifs is 2. The summed E-state index contributed by atoms with van der Waals surface area (Å²) < 4.78 is 41.9. The summed E-state index contributed by atoms with van der Waals surface area (Å²) in [7, 11) is 4.21. The highest BCUT2D eigenvalue weighted by Gasteiger charge is 2.29. The lowest BCUT2D eigenvalue weighted by Crippen LogP contribution is -2.28. The van der Waals surface area contributed by atoms with E-state index in [9.17, 15) is 9.59 Å². The van der Waals surface area contributed by atoms with Gasteiger partial charge in [-0.3, -0.25) is 0 Å². The molecule has 6 heterocycles. The summed E-state index contributed by atoms with van der Waals surface area (Å²) in [4.78, 5) is 40.8. The Bertz CT molecular complexity index is 2230.